The summed E-state index contributed by atoms with van der Waals surface area (Å²) in [5.41, 5.74) is 1.24. The minimum absolute atomic E-state index is 0.199. The molecule has 0 aliphatic heterocycles. The van der Waals surface area contributed by atoms with Crippen LogP contribution in [0.2, 0.25) is 0 Å². The highest BCUT2D eigenvalue weighted by Gasteiger charge is 2.04. The summed E-state index contributed by atoms with van der Waals surface area (Å²) in [6.45, 7) is 2.43. The number of nitrogens with one attached hydrogen (secondary N) is 2. The van der Waals surface area contributed by atoms with E-state index in [0.29, 0.717) is 32.1 Å². The van der Waals surface area contributed by atoms with E-state index in [0.717, 1.165) is 5.69 Å². The van der Waals surface area contributed by atoms with E-state index < -0.39 is 0 Å². The second-order valence-electron chi connectivity index (χ2n) is 3.54. The maximum atomic E-state index is 11.4. The number of aromatic nitrogens is 1. The molecular weight excluding hydrogens is 234 g/mol. The molecule has 0 aliphatic carbocycles. The molecule has 0 aliphatic rings. The van der Waals surface area contributed by atoms with Gasteiger partial charge in [-0.3, -0.25) is 9.78 Å². The van der Waals surface area contributed by atoms with Crippen molar-refractivity contribution in [2.75, 3.05) is 45.8 Å². The largest absolute Gasteiger partial charge is 0.383 e. The van der Waals surface area contributed by atoms with Gasteiger partial charge >= 0.3 is 0 Å². The number of carbonyl (C=O) groups excluding carboxylic acids is 1. The van der Waals surface area contributed by atoms with Crippen molar-refractivity contribution >= 4 is 11.6 Å². The van der Waals surface area contributed by atoms with Crippen LogP contribution in [0.15, 0.2) is 18.3 Å². The number of rotatable bonds is 8. The third kappa shape index (κ3) is 5.11. The van der Waals surface area contributed by atoms with Gasteiger partial charge < -0.3 is 20.1 Å². The second-order valence-corrected chi connectivity index (χ2v) is 3.54. The Bertz CT molecular complexity index is 371. The first-order valence-corrected chi connectivity index (χ1v) is 5.76. The van der Waals surface area contributed by atoms with Gasteiger partial charge in [-0.2, -0.15) is 0 Å². The molecule has 6 heteroatoms. The molecule has 0 aromatic carbocycles. The summed E-state index contributed by atoms with van der Waals surface area (Å²) < 4.78 is 10.2. The molecule has 0 unspecified atom stereocenters. The van der Waals surface area contributed by atoms with Gasteiger partial charge in [0.05, 0.1) is 19.8 Å². The minimum atomic E-state index is -0.199. The quantitative estimate of drug-likeness (QED) is 0.661. The molecule has 0 saturated carbocycles. The lowest BCUT2D eigenvalue weighted by molar-refractivity contribution is 0.0759. The Labute approximate surface area is 107 Å². The topological polar surface area (TPSA) is 72.5 Å². The first-order valence-electron chi connectivity index (χ1n) is 5.76. The summed E-state index contributed by atoms with van der Waals surface area (Å²) in [7, 11) is 3.21. The number of anilines is 1. The molecule has 18 heavy (non-hydrogen) atoms. The average molecular weight is 253 g/mol. The maximum Gasteiger partial charge on any atom is 0.269 e. The molecule has 6 nitrogen and oxygen atoms in total. The number of hydrogen-bond donors (Lipinski definition) is 2. The van der Waals surface area contributed by atoms with Gasteiger partial charge in [0, 0.05) is 32.6 Å². The van der Waals surface area contributed by atoms with Gasteiger partial charge in [-0.1, -0.05) is 0 Å². The fourth-order valence-corrected chi connectivity index (χ4v) is 1.30. The molecule has 100 valence electrons. The predicted molar refractivity (Wildman–Crippen MR) is 68.8 cm³/mol. The summed E-state index contributed by atoms with van der Waals surface area (Å²) in [5.74, 6) is -0.199. The SMILES string of the molecule is CNC(=O)c1cc(NCCOCCOC)ccn1. The fourth-order valence-electron chi connectivity index (χ4n) is 1.30. The lowest BCUT2D eigenvalue weighted by atomic mass is 10.3. The number of hydrogen-bond acceptors (Lipinski definition) is 5. The van der Waals surface area contributed by atoms with Crippen molar-refractivity contribution in [3.05, 3.63) is 24.0 Å². The first kappa shape index (κ1) is 14.4. The maximum absolute atomic E-state index is 11.4. The van der Waals surface area contributed by atoms with Gasteiger partial charge in [-0.05, 0) is 12.1 Å². The Morgan fingerprint density at radius 2 is 2.22 bits per heavy atom. The zero-order valence-electron chi connectivity index (χ0n) is 10.7. The van der Waals surface area contributed by atoms with Crippen LogP contribution in [0.1, 0.15) is 10.5 Å². The van der Waals surface area contributed by atoms with Crippen molar-refractivity contribution in [2.45, 2.75) is 0 Å². The standard InChI is InChI=1S/C12H19N3O3/c1-13-12(16)11-9-10(3-4-15-11)14-5-6-18-8-7-17-2/h3-4,9H,5-8H2,1-2H3,(H,13,16)(H,14,15). The number of carbonyl (C=O) groups is 1. The van der Waals surface area contributed by atoms with E-state index in [1.807, 2.05) is 6.07 Å². The van der Waals surface area contributed by atoms with Crippen LogP contribution in [0.4, 0.5) is 5.69 Å². The van der Waals surface area contributed by atoms with Crippen molar-refractivity contribution in [1.82, 2.24) is 10.3 Å². The molecule has 0 atom stereocenters. The van der Waals surface area contributed by atoms with Crippen LogP contribution in [0, 0.1) is 0 Å². The highest BCUT2D eigenvalue weighted by atomic mass is 16.5. The summed E-state index contributed by atoms with van der Waals surface area (Å²) in [6, 6.07) is 3.51. The molecule has 0 fully saturated rings. The van der Waals surface area contributed by atoms with Crippen LogP contribution in [0.5, 0.6) is 0 Å². The molecule has 1 aromatic rings. The summed E-state index contributed by atoms with van der Waals surface area (Å²) in [4.78, 5) is 15.4. The smallest absolute Gasteiger partial charge is 0.269 e. The van der Waals surface area contributed by atoms with Crippen LogP contribution in [-0.2, 0) is 9.47 Å². The molecule has 0 bridgehead atoms. The highest BCUT2D eigenvalue weighted by molar-refractivity contribution is 5.92. The molecule has 1 aromatic heterocycles. The lowest BCUT2D eigenvalue weighted by Gasteiger charge is -2.08. The van der Waals surface area contributed by atoms with E-state index in [1.54, 1.807) is 26.4 Å². The summed E-state index contributed by atoms with van der Waals surface area (Å²) >= 11 is 0. The first-order chi connectivity index (χ1) is 8.77. The molecule has 0 spiro atoms. The number of amides is 1. The Balaban J connectivity index is 2.32. The molecule has 0 radical (unpaired) electrons. The van der Waals surface area contributed by atoms with Crippen LogP contribution in [-0.4, -0.2) is 51.4 Å². The fraction of sp³-hybridized carbons (Fsp3) is 0.500. The van der Waals surface area contributed by atoms with E-state index in [4.69, 9.17) is 9.47 Å². The normalized spacial score (nSPS) is 10.1. The van der Waals surface area contributed by atoms with Crippen LogP contribution >= 0.6 is 0 Å². The lowest BCUT2D eigenvalue weighted by Crippen LogP contribution is -2.19. The van der Waals surface area contributed by atoms with Crippen LogP contribution in [0.25, 0.3) is 0 Å². The third-order valence-corrected chi connectivity index (χ3v) is 2.23. The Hall–Kier alpha value is -1.66. The molecular formula is C12H19N3O3. The Kier molecular flexibility index (Phi) is 6.75. The summed E-state index contributed by atoms with van der Waals surface area (Å²) in [6.07, 6.45) is 1.60. The molecule has 1 amide bonds. The van der Waals surface area contributed by atoms with Crippen molar-refractivity contribution in [2.24, 2.45) is 0 Å². The van der Waals surface area contributed by atoms with Gasteiger partial charge in [0.1, 0.15) is 5.69 Å². The van der Waals surface area contributed by atoms with Gasteiger partial charge in [-0.25, -0.2) is 0 Å². The molecule has 1 heterocycles. The number of ether oxygens (including phenoxy) is 2. The van der Waals surface area contributed by atoms with Crippen molar-refractivity contribution in [3.63, 3.8) is 0 Å². The third-order valence-electron chi connectivity index (χ3n) is 2.23. The minimum Gasteiger partial charge on any atom is -0.383 e. The van der Waals surface area contributed by atoms with Crippen molar-refractivity contribution in [1.29, 1.82) is 0 Å². The van der Waals surface area contributed by atoms with Crippen molar-refractivity contribution < 1.29 is 14.3 Å². The predicted octanol–water partition coefficient (Wildman–Crippen LogP) is 0.516. The van der Waals surface area contributed by atoms with Crippen LogP contribution in [0.3, 0.4) is 0 Å². The number of methoxy groups -OCH3 is 1. The van der Waals surface area contributed by atoms with Crippen molar-refractivity contribution in [3.8, 4) is 0 Å². The molecule has 1 rings (SSSR count). The van der Waals surface area contributed by atoms with E-state index in [1.165, 1.54) is 0 Å². The van der Waals surface area contributed by atoms with E-state index >= 15 is 0 Å². The monoisotopic (exact) mass is 253 g/mol. The zero-order chi connectivity index (χ0) is 13.2. The average Bonchev–Trinajstić information content (AvgIpc) is 2.42. The Morgan fingerprint density at radius 1 is 1.39 bits per heavy atom. The van der Waals surface area contributed by atoms with Gasteiger partial charge in [0.15, 0.2) is 0 Å². The molecule has 2 N–H and O–H groups in total. The van der Waals surface area contributed by atoms with E-state index in [-0.39, 0.29) is 5.91 Å². The highest BCUT2D eigenvalue weighted by Crippen LogP contribution is 2.07. The number of pyridine rings is 1. The molecule has 0 saturated heterocycles. The van der Waals surface area contributed by atoms with Gasteiger partial charge in [0.2, 0.25) is 0 Å². The Morgan fingerprint density at radius 3 is 2.94 bits per heavy atom. The van der Waals surface area contributed by atoms with Gasteiger partial charge in [-0.15, -0.1) is 0 Å². The number of nitrogens with zero attached hydrogens (tertiary/aromatic N) is 1. The second kappa shape index (κ2) is 8.43. The van der Waals surface area contributed by atoms with Gasteiger partial charge in [0.25, 0.3) is 5.91 Å². The van der Waals surface area contributed by atoms with E-state index in [9.17, 15) is 4.79 Å². The summed E-state index contributed by atoms with van der Waals surface area (Å²) in [5, 5.41) is 5.69. The van der Waals surface area contributed by atoms with E-state index in [2.05, 4.69) is 15.6 Å². The zero-order valence-corrected chi connectivity index (χ0v) is 10.7. The van der Waals surface area contributed by atoms with Crippen LogP contribution < -0.4 is 10.6 Å².